The molecule has 0 spiro atoms. The Morgan fingerprint density at radius 1 is 1.11 bits per heavy atom. The number of hydroxylamine groups is 2. The van der Waals surface area contributed by atoms with E-state index in [1.54, 1.807) is 0 Å². The zero-order valence-corrected chi connectivity index (χ0v) is 16.6. The minimum absolute atomic E-state index is 0.0311. The van der Waals surface area contributed by atoms with E-state index >= 15 is 0 Å². The largest absolute Gasteiger partial charge is 0.463 e. The van der Waals surface area contributed by atoms with Crippen molar-refractivity contribution >= 4 is 17.8 Å². The molecule has 7 atom stereocenters. The predicted molar refractivity (Wildman–Crippen MR) is 96.3 cm³/mol. The second-order valence-corrected chi connectivity index (χ2v) is 9.83. The molecule has 1 aliphatic heterocycles. The summed E-state index contributed by atoms with van der Waals surface area (Å²) in [4.78, 5) is 36.2. The fourth-order valence-electron chi connectivity index (χ4n) is 7.15. The van der Waals surface area contributed by atoms with Gasteiger partial charge in [-0.2, -0.15) is 5.06 Å². The monoisotopic (exact) mass is 377 g/mol. The Morgan fingerprint density at radius 3 is 2.56 bits per heavy atom. The fraction of sp³-hybridized carbons (Fsp3) is 0.857. The number of piperidine rings is 1. The first-order valence-electron chi connectivity index (χ1n) is 10.4. The summed E-state index contributed by atoms with van der Waals surface area (Å²) in [6.07, 6.45) is 6.96. The third kappa shape index (κ3) is 2.74. The van der Waals surface area contributed by atoms with E-state index < -0.39 is 17.2 Å². The minimum Gasteiger partial charge on any atom is -0.463 e. The van der Waals surface area contributed by atoms with Crippen LogP contribution in [0.3, 0.4) is 0 Å². The molecular weight excluding hydrogens is 346 g/mol. The number of hydrogen-bond acceptors (Lipinski definition) is 5. The van der Waals surface area contributed by atoms with Crippen LogP contribution in [0.15, 0.2) is 0 Å². The molecule has 6 nitrogen and oxygen atoms in total. The molecule has 0 bridgehead atoms. The Kier molecular flexibility index (Phi) is 4.41. The van der Waals surface area contributed by atoms with E-state index in [-0.39, 0.29) is 29.8 Å². The van der Waals surface area contributed by atoms with Gasteiger partial charge in [0.05, 0.1) is 5.41 Å². The first-order chi connectivity index (χ1) is 12.7. The predicted octanol–water partition coefficient (Wildman–Crippen LogP) is 3.32. The van der Waals surface area contributed by atoms with Crippen molar-refractivity contribution in [3.63, 3.8) is 0 Å². The number of ether oxygens (including phenoxy) is 1. The van der Waals surface area contributed by atoms with Crippen LogP contribution < -0.4 is 0 Å². The highest BCUT2D eigenvalue weighted by Crippen LogP contribution is 2.64. The average molecular weight is 377 g/mol. The van der Waals surface area contributed by atoms with Gasteiger partial charge < -0.3 is 4.74 Å². The van der Waals surface area contributed by atoms with E-state index in [4.69, 9.17) is 4.74 Å². The molecule has 3 aliphatic carbocycles. The molecule has 0 aromatic carbocycles. The molecule has 0 unspecified atom stereocenters. The van der Waals surface area contributed by atoms with Crippen molar-refractivity contribution in [1.29, 1.82) is 0 Å². The van der Waals surface area contributed by atoms with Gasteiger partial charge >= 0.3 is 5.97 Å². The smallest absolute Gasteiger partial charge is 0.302 e. The highest BCUT2D eigenvalue weighted by atomic mass is 16.5. The molecule has 0 aromatic rings. The molecule has 4 fully saturated rings. The number of hydrogen-bond donors (Lipinski definition) is 1. The van der Waals surface area contributed by atoms with Crippen molar-refractivity contribution in [3.8, 4) is 0 Å². The highest BCUT2D eigenvalue weighted by molar-refractivity contribution is 5.99. The lowest BCUT2D eigenvalue weighted by molar-refractivity contribution is -0.211. The zero-order chi connectivity index (χ0) is 19.6. The molecule has 3 saturated carbocycles. The lowest BCUT2D eigenvalue weighted by atomic mass is 9.44. The molecule has 6 heteroatoms. The van der Waals surface area contributed by atoms with Gasteiger partial charge in [0.2, 0.25) is 0 Å². The Bertz CT molecular complexity index is 677. The van der Waals surface area contributed by atoms with Gasteiger partial charge in [0.15, 0.2) is 0 Å². The van der Waals surface area contributed by atoms with Gasteiger partial charge in [-0.3, -0.25) is 19.6 Å². The van der Waals surface area contributed by atoms with Crippen LogP contribution in [0.25, 0.3) is 0 Å². The van der Waals surface area contributed by atoms with E-state index in [0.29, 0.717) is 22.8 Å². The van der Waals surface area contributed by atoms with Crippen LogP contribution >= 0.6 is 0 Å². The number of imide groups is 1. The van der Waals surface area contributed by atoms with Crippen LogP contribution in [-0.2, 0) is 19.1 Å². The van der Waals surface area contributed by atoms with Crippen LogP contribution in [0, 0.1) is 34.5 Å². The number of fused-ring (bicyclic) bond motifs is 5. The van der Waals surface area contributed by atoms with Gasteiger partial charge in [0.25, 0.3) is 11.8 Å². The van der Waals surface area contributed by atoms with Crippen LogP contribution in [0.4, 0.5) is 0 Å². The summed E-state index contributed by atoms with van der Waals surface area (Å²) in [6, 6.07) is 0. The van der Waals surface area contributed by atoms with E-state index in [1.165, 1.54) is 6.92 Å². The Morgan fingerprint density at radius 2 is 1.85 bits per heavy atom. The fourth-order valence-corrected chi connectivity index (χ4v) is 7.15. The number of rotatable bonds is 1. The number of carbonyl (C=O) groups excluding carboxylic acids is 3. The molecule has 0 aromatic heterocycles. The first kappa shape index (κ1) is 18.9. The molecule has 1 N–H and O–H groups in total. The van der Waals surface area contributed by atoms with Crippen LogP contribution in [0.1, 0.15) is 72.1 Å². The van der Waals surface area contributed by atoms with Crippen molar-refractivity contribution in [3.05, 3.63) is 0 Å². The van der Waals surface area contributed by atoms with Crippen LogP contribution in [-0.4, -0.2) is 34.2 Å². The Labute approximate surface area is 160 Å². The van der Waals surface area contributed by atoms with Gasteiger partial charge in [-0.05, 0) is 74.0 Å². The molecule has 150 valence electrons. The maximum atomic E-state index is 12.7. The summed E-state index contributed by atoms with van der Waals surface area (Å²) in [5, 5.41) is 10.2. The SMILES string of the molecule is CC(=O)O[C@H]1CC[C@]2(C)[C@H](CC[C@H]3[C@H]4CC(=O)N(O)C(=O)[C@]4(C)CC[C@@H]32)C1. The molecule has 27 heavy (non-hydrogen) atoms. The van der Waals surface area contributed by atoms with Crippen LogP contribution in [0.5, 0.6) is 0 Å². The summed E-state index contributed by atoms with van der Waals surface area (Å²) in [5.74, 6) is 0.366. The Hall–Kier alpha value is -1.43. The number of amides is 2. The van der Waals surface area contributed by atoms with Gasteiger partial charge in [-0.1, -0.05) is 13.8 Å². The van der Waals surface area contributed by atoms with Crippen molar-refractivity contribution in [2.24, 2.45) is 34.5 Å². The summed E-state index contributed by atoms with van der Waals surface area (Å²) >= 11 is 0. The summed E-state index contributed by atoms with van der Waals surface area (Å²) in [5.41, 5.74) is -0.439. The second kappa shape index (κ2) is 6.29. The van der Waals surface area contributed by atoms with E-state index in [2.05, 4.69) is 6.92 Å². The molecule has 4 rings (SSSR count). The van der Waals surface area contributed by atoms with Gasteiger partial charge in [-0.25, -0.2) is 0 Å². The number of nitrogens with zero attached hydrogens (tertiary/aromatic N) is 1. The Balaban J connectivity index is 1.57. The molecule has 1 saturated heterocycles. The van der Waals surface area contributed by atoms with Crippen molar-refractivity contribution < 1.29 is 24.3 Å². The summed E-state index contributed by atoms with van der Waals surface area (Å²) < 4.78 is 5.50. The maximum Gasteiger partial charge on any atom is 0.302 e. The second-order valence-electron chi connectivity index (χ2n) is 9.83. The topological polar surface area (TPSA) is 83.9 Å². The third-order valence-electron chi connectivity index (χ3n) is 8.65. The molecule has 0 radical (unpaired) electrons. The lowest BCUT2D eigenvalue weighted by Crippen LogP contribution is -2.61. The molecular formula is C21H31NO5. The van der Waals surface area contributed by atoms with Gasteiger partial charge in [0.1, 0.15) is 6.10 Å². The minimum atomic E-state index is -0.623. The molecule has 2 amide bonds. The number of carbonyl (C=O) groups is 3. The summed E-state index contributed by atoms with van der Waals surface area (Å²) in [6.45, 7) is 5.80. The quantitative estimate of drug-likeness (QED) is 0.430. The van der Waals surface area contributed by atoms with E-state index in [0.717, 1.165) is 44.9 Å². The first-order valence-corrected chi connectivity index (χ1v) is 10.4. The van der Waals surface area contributed by atoms with E-state index in [9.17, 15) is 19.6 Å². The molecule has 4 aliphatic rings. The van der Waals surface area contributed by atoms with Crippen molar-refractivity contribution in [2.75, 3.05) is 0 Å². The maximum absolute atomic E-state index is 12.7. The summed E-state index contributed by atoms with van der Waals surface area (Å²) in [7, 11) is 0. The van der Waals surface area contributed by atoms with Gasteiger partial charge in [-0.15, -0.1) is 0 Å². The zero-order valence-electron chi connectivity index (χ0n) is 16.6. The van der Waals surface area contributed by atoms with Crippen LogP contribution in [0.2, 0.25) is 0 Å². The van der Waals surface area contributed by atoms with E-state index in [1.807, 2.05) is 6.92 Å². The standard InChI is InChI=1S/C21H31NO5/c1-12(23)27-14-6-8-20(2)13(10-14)4-5-15-16(20)7-9-21(3)17(15)11-18(24)22(26)19(21)25/h13-17,26H,4-11H2,1-3H3/t13-,14+,15-,16+,17-,20-,21-/m1/s1. The average Bonchev–Trinajstić information content (AvgIpc) is 2.61. The molecule has 1 heterocycles. The van der Waals surface area contributed by atoms with Crippen molar-refractivity contribution in [1.82, 2.24) is 5.06 Å². The highest BCUT2D eigenvalue weighted by Gasteiger charge is 2.61. The van der Waals surface area contributed by atoms with Gasteiger partial charge in [0, 0.05) is 13.3 Å². The number of esters is 1. The lowest BCUT2D eigenvalue weighted by Gasteiger charge is -2.61. The third-order valence-corrected chi connectivity index (χ3v) is 8.65. The van der Waals surface area contributed by atoms with Crippen molar-refractivity contribution in [2.45, 2.75) is 78.2 Å². The normalized spacial score (nSPS) is 47.0.